The van der Waals surface area contributed by atoms with Crippen LogP contribution in [0.3, 0.4) is 0 Å². The van der Waals surface area contributed by atoms with Crippen LogP contribution in [0.4, 0.5) is 0 Å². The second kappa shape index (κ2) is 12.5. The van der Waals surface area contributed by atoms with Gasteiger partial charge in [-0.15, -0.1) is 0 Å². The first-order valence-corrected chi connectivity index (χ1v) is 19.5. The molecule has 12 rings (SSSR count). The molecule has 3 heteroatoms. The molecule has 0 aliphatic rings. The lowest BCUT2D eigenvalue weighted by Gasteiger charge is -2.12. The highest BCUT2D eigenvalue weighted by Gasteiger charge is 2.21. The highest BCUT2D eigenvalue weighted by molar-refractivity contribution is 6.29. The van der Waals surface area contributed by atoms with E-state index in [9.17, 15) is 0 Å². The smallest absolute Gasteiger partial charge is 0.136 e. The molecule has 266 valence electrons. The van der Waals surface area contributed by atoms with Crippen LogP contribution in [-0.2, 0) is 0 Å². The van der Waals surface area contributed by atoms with Gasteiger partial charge in [0.1, 0.15) is 11.2 Å². The van der Waals surface area contributed by atoms with E-state index < -0.39 is 0 Å². The molecule has 0 saturated carbocycles. The van der Waals surface area contributed by atoms with Gasteiger partial charge in [-0.05, 0) is 100 Å². The van der Waals surface area contributed by atoms with E-state index in [1.165, 1.54) is 71.4 Å². The highest BCUT2D eigenvalue weighted by Crippen LogP contribution is 2.43. The Kier molecular flexibility index (Phi) is 6.93. The Labute approximate surface area is 328 Å². The third kappa shape index (κ3) is 4.86. The van der Waals surface area contributed by atoms with Crippen molar-refractivity contribution in [3.8, 4) is 44.8 Å². The molecule has 0 N–H and O–H groups in total. The van der Waals surface area contributed by atoms with Gasteiger partial charge in [0.25, 0.3) is 0 Å². The van der Waals surface area contributed by atoms with E-state index in [0.717, 1.165) is 38.9 Å². The molecule has 0 spiro atoms. The first kappa shape index (κ1) is 31.7. The van der Waals surface area contributed by atoms with Gasteiger partial charge in [-0.2, -0.15) is 0 Å². The van der Waals surface area contributed by atoms with E-state index in [-0.39, 0.29) is 0 Å². The van der Waals surface area contributed by atoms with E-state index in [1.54, 1.807) is 0 Å². The fraction of sp³-hybridized carbons (Fsp3) is 0. The Hall–Kier alpha value is -7.62. The zero-order chi connectivity index (χ0) is 37.5. The number of fused-ring (bicyclic) bond motifs is 10. The van der Waals surface area contributed by atoms with Crippen LogP contribution in [0.15, 0.2) is 211 Å². The quantitative estimate of drug-likeness (QED) is 0.173. The minimum absolute atomic E-state index is 0.910. The maximum Gasteiger partial charge on any atom is 0.136 e. The molecule has 3 nitrogen and oxygen atoms in total. The van der Waals surface area contributed by atoms with Crippen molar-refractivity contribution in [3.05, 3.63) is 206 Å². The van der Waals surface area contributed by atoms with Gasteiger partial charge in [-0.1, -0.05) is 140 Å². The molecule has 0 aliphatic heterocycles. The topological polar surface area (TPSA) is 23.0 Å². The number of nitrogens with zero attached hydrogens (tertiary/aromatic N) is 2. The van der Waals surface area contributed by atoms with Crippen LogP contribution in [0, 0.1) is 0 Å². The largest absolute Gasteiger partial charge is 0.456 e. The van der Waals surface area contributed by atoms with Crippen molar-refractivity contribution in [2.24, 2.45) is 0 Å². The molecule has 0 atom stereocenters. The van der Waals surface area contributed by atoms with Crippen molar-refractivity contribution in [1.29, 1.82) is 0 Å². The Balaban J connectivity index is 1.03. The lowest BCUT2D eigenvalue weighted by molar-refractivity contribution is 0.669. The van der Waals surface area contributed by atoms with Gasteiger partial charge < -0.3 is 13.6 Å². The molecule has 0 bridgehead atoms. The Morgan fingerprint density at radius 2 is 0.807 bits per heavy atom. The molecule has 9 aromatic carbocycles. The van der Waals surface area contributed by atoms with E-state index in [0.29, 0.717) is 0 Å². The molecule has 0 unspecified atom stereocenters. The van der Waals surface area contributed by atoms with Crippen LogP contribution in [0.2, 0.25) is 0 Å². The normalized spacial score (nSPS) is 11.9. The lowest BCUT2D eigenvalue weighted by atomic mass is 9.99. The zero-order valence-electron chi connectivity index (χ0n) is 30.9. The van der Waals surface area contributed by atoms with Crippen molar-refractivity contribution < 1.29 is 4.42 Å². The van der Waals surface area contributed by atoms with Crippen molar-refractivity contribution in [3.63, 3.8) is 0 Å². The number of hydrogen-bond donors (Lipinski definition) is 0. The number of benzene rings is 9. The molecule has 3 aromatic heterocycles. The zero-order valence-corrected chi connectivity index (χ0v) is 30.9. The maximum atomic E-state index is 6.23. The fourth-order valence-corrected chi connectivity index (χ4v) is 9.21. The van der Waals surface area contributed by atoms with Crippen LogP contribution in [0.1, 0.15) is 0 Å². The third-order valence-corrected chi connectivity index (χ3v) is 11.7. The average Bonchev–Trinajstić information content (AvgIpc) is 3.95. The van der Waals surface area contributed by atoms with Gasteiger partial charge in [-0.25, -0.2) is 0 Å². The van der Waals surface area contributed by atoms with Gasteiger partial charge in [0.15, 0.2) is 0 Å². The monoisotopic (exact) mass is 726 g/mol. The van der Waals surface area contributed by atoms with Crippen LogP contribution >= 0.6 is 0 Å². The lowest BCUT2D eigenvalue weighted by Crippen LogP contribution is -1.95. The summed E-state index contributed by atoms with van der Waals surface area (Å²) in [6.45, 7) is 0. The summed E-state index contributed by atoms with van der Waals surface area (Å²) in [5.41, 5.74) is 16.0. The summed E-state index contributed by atoms with van der Waals surface area (Å²) < 4.78 is 11.1. The number of hydrogen-bond acceptors (Lipinski definition) is 1. The van der Waals surface area contributed by atoms with E-state index >= 15 is 0 Å². The van der Waals surface area contributed by atoms with Gasteiger partial charge in [0, 0.05) is 43.7 Å². The summed E-state index contributed by atoms with van der Waals surface area (Å²) in [7, 11) is 0. The maximum absolute atomic E-state index is 6.23. The summed E-state index contributed by atoms with van der Waals surface area (Å²) in [4.78, 5) is 0. The summed E-state index contributed by atoms with van der Waals surface area (Å²) >= 11 is 0. The van der Waals surface area contributed by atoms with Crippen LogP contribution in [-0.4, -0.2) is 9.13 Å². The minimum Gasteiger partial charge on any atom is -0.456 e. The summed E-state index contributed by atoms with van der Waals surface area (Å²) in [6, 6.07) is 74.4. The van der Waals surface area contributed by atoms with E-state index in [2.05, 4.69) is 203 Å². The molecule has 0 fully saturated rings. The second-order valence-corrected chi connectivity index (χ2v) is 14.9. The number of rotatable bonds is 5. The molecule has 0 radical (unpaired) electrons. The summed E-state index contributed by atoms with van der Waals surface area (Å²) in [5.74, 6) is 0. The Bertz CT molecular complexity index is 3510. The second-order valence-electron chi connectivity index (χ2n) is 14.9. The number of furan rings is 1. The molecular weight excluding hydrogens is 693 g/mol. The molecule has 12 aromatic rings. The van der Waals surface area contributed by atoms with E-state index in [1.807, 2.05) is 12.1 Å². The molecule has 0 saturated heterocycles. The number of aromatic nitrogens is 2. The molecule has 57 heavy (non-hydrogen) atoms. The first-order valence-electron chi connectivity index (χ1n) is 19.5. The van der Waals surface area contributed by atoms with Gasteiger partial charge in [0.2, 0.25) is 0 Å². The molecule has 0 aliphatic carbocycles. The molecule has 0 amide bonds. The standard InChI is InChI=1S/C54H34N2O/c1-2-13-35(14-3-1)37-15-10-16-38(33-37)39-17-11-18-41(34-39)56-47-24-8-5-20-44(47)54-49(56)32-31-48-53(54)43-19-4-7-23-46(43)55(48)40-29-27-36(28-30-40)42-22-12-26-51-52(42)45-21-6-9-25-50(45)57-51/h1-34H. The van der Waals surface area contributed by atoms with Crippen molar-refractivity contribution in [2.45, 2.75) is 0 Å². The van der Waals surface area contributed by atoms with Gasteiger partial charge >= 0.3 is 0 Å². The predicted octanol–water partition coefficient (Wildman–Crippen LogP) is 14.8. The average molecular weight is 727 g/mol. The molecule has 3 heterocycles. The van der Waals surface area contributed by atoms with Crippen molar-refractivity contribution in [2.75, 3.05) is 0 Å². The van der Waals surface area contributed by atoms with Gasteiger partial charge in [0.05, 0.1) is 22.1 Å². The van der Waals surface area contributed by atoms with Crippen LogP contribution < -0.4 is 0 Å². The summed E-state index contributed by atoms with van der Waals surface area (Å²) in [6.07, 6.45) is 0. The first-order chi connectivity index (χ1) is 28.3. The Morgan fingerprint density at radius 1 is 0.281 bits per heavy atom. The fourth-order valence-electron chi connectivity index (χ4n) is 9.21. The van der Waals surface area contributed by atoms with Crippen LogP contribution in [0.5, 0.6) is 0 Å². The minimum atomic E-state index is 0.910. The predicted molar refractivity (Wildman–Crippen MR) is 239 cm³/mol. The number of para-hydroxylation sites is 3. The van der Waals surface area contributed by atoms with Gasteiger partial charge in [-0.3, -0.25) is 0 Å². The third-order valence-electron chi connectivity index (χ3n) is 11.7. The van der Waals surface area contributed by atoms with Crippen molar-refractivity contribution >= 4 is 65.6 Å². The molecular formula is C54H34N2O. The SMILES string of the molecule is c1ccc(-c2cccc(-c3cccc(-n4c5ccccc5c5c6c7ccccc7n(-c7ccc(-c8cccc9oc%10ccccc%10c89)cc7)c6ccc54)c3)c2)cc1. The van der Waals surface area contributed by atoms with Crippen LogP contribution in [0.25, 0.3) is 110 Å². The Morgan fingerprint density at radius 3 is 1.53 bits per heavy atom. The van der Waals surface area contributed by atoms with E-state index in [4.69, 9.17) is 4.42 Å². The highest BCUT2D eigenvalue weighted by atomic mass is 16.3. The summed E-state index contributed by atoms with van der Waals surface area (Å²) in [5, 5.41) is 7.32. The van der Waals surface area contributed by atoms with Crippen molar-refractivity contribution in [1.82, 2.24) is 9.13 Å².